The third-order valence-corrected chi connectivity index (χ3v) is 4.15. The molecule has 0 bridgehead atoms. The molecule has 0 radical (unpaired) electrons. The Kier molecular flexibility index (Phi) is 4.88. The number of amides is 1. The molecule has 2 aromatic carbocycles. The van der Waals surface area contributed by atoms with E-state index in [1.165, 1.54) is 12.1 Å². The first-order chi connectivity index (χ1) is 11.9. The van der Waals surface area contributed by atoms with Gasteiger partial charge < -0.3 is 14.7 Å². The highest BCUT2D eigenvalue weighted by atomic mass is 19.3. The van der Waals surface area contributed by atoms with E-state index in [4.69, 9.17) is 4.74 Å². The lowest BCUT2D eigenvalue weighted by atomic mass is 10.1. The van der Waals surface area contributed by atoms with E-state index in [0.717, 1.165) is 10.5 Å². The van der Waals surface area contributed by atoms with Gasteiger partial charge in [-0.3, -0.25) is 4.79 Å². The molecule has 4 nitrogen and oxygen atoms in total. The van der Waals surface area contributed by atoms with Crippen LogP contribution in [0.1, 0.15) is 17.5 Å². The number of likely N-dealkylation sites (tertiary alicyclic amines) is 1. The number of hydrogen-bond acceptors (Lipinski definition) is 3. The Labute approximate surface area is 144 Å². The molecular weight excluding hydrogens is 328 g/mol. The van der Waals surface area contributed by atoms with Crippen molar-refractivity contribution in [3.63, 3.8) is 0 Å². The Hall–Kier alpha value is -2.63. The molecule has 0 aromatic heterocycles. The first-order valence-corrected chi connectivity index (χ1v) is 8.07. The van der Waals surface area contributed by atoms with Crippen molar-refractivity contribution in [2.75, 3.05) is 13.1 Å². The molecule has 1 fully saturated rings. The first kappa shape index (κ1) is 17.2. The summed E-state index contributed by atoms with van der Waals surface area (Å²) in [7, 11) is 0. The summed E-state index contributed by atoms with van der Waals surface area (Å²) in [5.74, 6) is -2.75. The van der Waals surface area contributed by atoms with E-state index < -0.39 is 18.4 Å². The number of aromatic hydroxyl groups is 1. The third kappa shape index (κ3) is 4.47. The number of alkyl halides is 2. The Morgan fingerprint density at radius 2 is 1.96 bits per heavy atom. The zero-order valence-electron chi connectivity index (χ0n) is 13.6. The molecule has 0 saturated carbocycles. The number of rotatable bonds is 5. The molecule has 0 aliphatic carbocycles. The van der Waals surface area contributed by atoms with Gasteiger partial charge in [0, 0.05) is 18.5 Å². The number of hydrogen-bond donors (Lipinski definition) is 1. The van der Waals surface area contributed by atoms with Crippen LogP contribution in [-0.4, -0.2) is 34.9 Å². The van der Waals surface area contributed by atoms with Crippen LogP contribution in [0, 0.1) is 0 Å². The van der Waals surface area contributed by atoms with Crippen LogP contribution in [0.25, 0.3) is 0 Å². The van der Waals surface area contributed by atoms with Gasteiger partial charge in [-0.25, -0.2) is 8.78 Å². The van der Waals surface area contributed by atoms with Crippen molar-refractivity contribution in [1.29, 1.82) is 0 Å². The smallest absolute Gasteiger partial charge is 0.267 e. The van der Waals surface area contributed by atoms with Gasteiger partial charge in [0.15, 0.2) is 0 Å². The standard InChI is InChI=1S/C19H19F2NO3/c20-19(21)8-9-22(13-19)18(24)11-15-10-16(23)6-7-17(15)25-12-14-4-2-1-3-5-14/h1-7,10,23H,8-9,11-13H2. The summed E-state index contributed by atoms with van der Waals surface area (Å²) < 4.78 is 32.3. The minimum Gasteiger partial charge on any atom is -0.508 e. The number of nitrogens with zero attached hydrogens (tertiary/aromatic N) is 1. The van der Waals surface area contributed by atoms with Crippen LogP contribution in [0.5, 0.6) is 11.5 Å². The van der Waals surface area contributed by atoms with Crippen LogP contribution in [0.15, 0.2) is 48.5 Å². The maximum absolute atomic E-state index is 13.3. The molecule has 6 heteroatoms. The highest BCUT2D eigenvalue weighted by Crippen LogP contribution is 2.29. The molecule has 1 amide bonds. The highest BCUT2D eigenvalue weighted by Gasteiger charge is 2.40. The maximum Gasteiger partial charge on any atom is 0.267 e. The second kappa shape index (κ2) is 7.09. The molecular formula is C19H19F2NO3. The van der Waals surface area contributed by atoms with Gasteiger partial charge in [0.05, 0.1) is 13.0 Å². The monoisotopic (exact) mass is 347 g/mol. The fourth-order valence-electron chi connectivity index (χ4n) is 2.80. The van der Waals surface area contributed by atoms with Crippen molar-refractivity contribution in [2.45, 2.75) is 25.4 Å². The fourth-order valence-corrected chi connectivity index (χ4v) is 2.80. The molecule has 3 rings (SSSR count). The summed E-state index contributed by atoms with van der Waals surface area (Å²) in [6.45, 7) is -0.190. The lowest BCUT2D eigenvalue weighted by Crippen LogP contribution is -2.32. The quantitative estimate of drug-likeness (QED) is 0.902. The van der Waals surface area contributed by atoms with Crippen LogP contribution < -0.4 is 4.74 Å². The molecule has 1 aliphatic rings. The summed E-state index contributed by atoms with van der Waals surface area (Å²) in [6.07, 6.45) is -0.398. The normalized spacial score (nSPS) is 16.0. The van der Waals surface area contributed by atoms with Crippen LogP contribution in [0.2, 0.25) is 0 Å². The van der Waals surface area contributed by atoms with Gasteiger partial charge in [0.2, 0.25) is 5.91 Å². The van der Waals surface area contributed by atoms with Gasteiger partial charge in [-0.2, -0.15) is 0 Å². The second-order valence-electron chi connectivity index (χ2n) is 6.16. The van der Waals surface area contributed by atoms with Crippen LogP contribution >= 0.6 is 0 Å². The van der Waals surface area contributed by atoms with E-state index in [-0.39, 0.29) is 25.1 Å². The van der Waals surface area contributed by atoms with Crippen molar-refractivity contribution in [3.8, 4) is 11.5 Å². The summed E-state index contributed by atoms with van der Waals surface area (Å²) in [4.78, 5) is 13.5. The predicted octanol–water partition coefficient (Wildman–Crippen LogP) is 3.38. The number of carbonyl (C=O) groups excluding carboxylic acids is 1. The number of ether oxygens (including phenoxy) is 1. The van der Waals surface area contributed by atoms with E-state index in [1.54, 1.807) is 6.07 Å². The second-order valence-corrected chi connectivity index (χ2v) is 6.16. The Morgan fingerprint density at radius 3 is 2.64 bits per heavy atom. The molecule has 0 atom stereocenters. The number of phenolic OH excluding ortho intramolecular Hbond substituents is 1. The Morgan fingerprint density at radius 1 is 1.20 bits per heavy atom. The Balaban J connectivity index is 1.70. The maximum atomic E-state index is 13.3. The average Bonchev–Trinajstić information content (AvgIpc) is 2.95. The molecule has 0 unspecified atom stereocenters. The van der Waals surface area contributed by atoms with Crippen molar-refractivity contribution in [3.05, 3.63) is 59.7 Å². The fraction of sp³-hybridized carbons (Fsp3) is 0.316. The van der Waals surface area contributed by atoms with Crippen molar-refractivity contribution in [1.82, 2.24) is 4.90 Å². The number of carbonyl (C=O) groups is 1. The first-order valence-electron chi connectivity index (χ1n) is 8.07. The summed E-state index contributed by atoms with van der Waals surface area (Å²) in [5, 5.41) is 9.68. The molecule has 1 heterocycles. The van der Waals surface area contributed by atoms with Gasteiger partial charge >= 0.3 is 0 Å². The predicted molar refractivity (Wildman–Crippen MR) is 88.7 cm³/mol. The molecule has 1 saturated heterocycles. The van der Waals surface area contributed by atoms with E-state index in [9.17, 15) is 18.7 Å². The van der Waals surface area contributed by atoms with Gasteiger partial charge in [0.1, 0.15) is 18.1 Å². The van der Waals surface area contributed by atoms with E-state index in [1.807, 2.05) is 30.3 Å². The molecule has 2 aromatic rings. The minimum absolute atomic E-state index is 0.00149. The SMILES string of the molecule is O=C(Cc1cc(O)ccc1OCc1ccccc1)N1CCC(F)(F)C1. The molecule has 1 aliphatic heterocycles. The summed E-state index contributed by atoms with van der Waals surface area (Å²) in [6, 6.07) is 14.0. The minimum atomic E-state index is -2.82. The van der Waals surface area contributed by atoms with Crippen molar-refractivity contribution < 1.29 is 23.4 Å². The van der Waals surface area contributed by atoms with Gasteiger partial charge in [-0.05, 0) is 23.8 Å². The summed E-state index contributed by atoms with van der Waals surface area (Å²) >= 11 is 0. The number of benzene rings is 2. The lowest BCUT2D eigenvalue weighted by molar-refractivity contribution is -0.130. The third-order valence-electron chi connectivity index (χ3n) is 4.15. The van der Waals surface area contributed by atoms with E-state index in [2.05, 4.69) is 0 Å². The van der Waals surface area contributed by atoms with E-state index in [0.29, 0.717) is 17.9 Å². The zero-order chi connectivity index (χ0) is 17.9. The lowest BCUT2D eigenvalue weighted by Gasteiger charge is -2.18. The van der Waals surface area contributed by atoms with E-state index >= 15 is 0 Å². The van der Waals surface area contributed by atoms with Crippen LogP contribution in [-0.2, 0) is 17.8 Å². The van der Waals surface area contributed by atoms with Crippen molar-refractivity contribution in [2.24, 2.45) is 0 Å². The van der Waals surface area contributed by atoms with Gasteiger partial charge in [0.25, 0.3) is 5.92 Å². The molecule has 0 spiro atoms. The van der Waals surface area contributed by atoms with Crippen LogP contribution in [0.3, 0.4) is 0 Å². The molecule has 132 valence electrons. The largest absolute Gasteiger partial charge is 0.508 e. The van der Waals surface area contributed by atoms with Crippen LogP contribution in [0.4, 0.5) is 8.78 Å². The topological polar surface area (TPSA) is 49.8 Å². The Bertz CT molecular complexity index is 750. The molecule has 1 N–H and O–H groups in total. The highest BCUT2D eigenvalue weighted by molar-refractivity contribution is 5.80. The van der Waals surface area contributed by atoms with Gasteiger partial charge in [-0.15, -0.1) is 0 Å². The number of halogens is 2. The summed E-state index contributed by atoms with van der Waals surface area (Å²) in [5.41, 5.74) is 1.45. The van der Waals surface area contributed by atoms with Gasteiger partial charge in [-0.1, -0.05) is 30.3 Å². The van der Waals surface area contributed by atoms with Crippen molar-refractivity contribution >= 4 is 5.91 Å². The number of phenols is 1. The molecule has 25 heavy (non-hydrogen) atoms. The average molecular weight is 347 g/mol. The zero-order valence-corrected chi connectivity index (χ0v) is 13.6.